The average molecular weight is 269 g/mol. The van der Waals surface area contributed by atoms with Gasteiger partial charge in [0.1, 0.15) is 5.56 Å². The second-order valence-corrected chi connectivity index (χ2v) is 5.16. The predicted molar refractivity (Wildman–Crippen MR) is 76.1 cm³/mol. The first-order valence-electron chi connectivity index (χ1n) is 6.63. The van der Waals surface area contributed by atoms with E-state index in [-0.39, 0.29) is 5.56 Å². The molecule has 4 nitrogen and oxygen atoms in total. The van der Waals surface area contributed by atoms with Gasteiger partial charge in [-0.2, -0.15) is 0 Å². The van der Waals surface area contributed by atoms with E-state index in [1.165, 1.54) is 15.7 Å². The van der Waals surface area contributed by atoms with Gasteiger partial charge in [0.2, 0.25) is 0 Å². The number of fused-ring (bicyclic) bond motifs is 1. The zero-order valence-corrected chi connectivity index (χ0v) is 11.2. The van der Waals surface area contributed by atoms with Crippen molar-refractivity contribution < 1.29 is 9.90 Å². The van der Waals surface area contributed by atoms with Crippen LogP contribution in [-0.2, 0) is 19.9 Å². The topological polar surface area (TPSA) is 59.3 Å². The van der Waals surface area contributed by atoms with Crippen molar-refractivity contribution in [1.29, 1.82) is 0 Å². The Morgan fingerprint density at radius 1 is 1.20 bits per heavy atom. The van der Waals surface area contributed by atoms with Gasteiger partial charge in [-0.05, 0) is 42.0 Å². The average Bonchev–Trinajstić information content (AvgIpc) is 2.88. The Balaban J connectivity index is 2.22. The Morgan fingerprint density at radius 3 is 2.70 bits per heavy atom. The molecule has 4 heteroatoms. The third-order valence-electron chi connectivity index (χ3n) is 3.89. The maximum Gasteiger partial charge on any atom is 0.341 e. The van der Waals surface area contributed by atoms with Crippen LogP contribution in [0.25, 0.3) is 11.1 Å². The monoisotopic (exact) mass is 269 g/mol. The van der Waals surface area contributed by atoms with Crippen molar-refractivity contribution >= 4 is 5.97 Å². The molecule has 20 heavy (non-hydrogen) atoms. The Labute approximate surface area is 116 Å². The summed E-state index contributed by atoms with van der Waals surface area (Å²) in [5, 5.41) is 9.31. The van der Waals surface area contributed by atoms with Crippen LogP contribution >= 0.6 is 0 Å². The minimum absolute atomic E-state index is 0.159. The Morgan fingerprint density at radius 2 is 1.95 bits per heavy atom. The van der Waals surface area contributed by atoms with E-state index in [1.54, 1.807) is 19.3 Å². The fourth-order valence-corrected chi connectivity index (χ4v) is 2.82. The summed E-state index contributed by atoms with van der Waals surface area (Å²) in [5.74, 6) is -1.18. The minimum Gasteiger partial charge on any atom is -0.477 e. The number of aromatic nitrogens is 1. The number of nitrogens with zero attached hydrogens (tertiary/aromatic N) is 1. The molecule has 0 atom stereocenters. The molecule has 1 N–H and O–H groups in total. The Hall–Kier alpha value is -2.36. The number of aryl methyl sites for hydroxylation is 3. The zero-order chi connectivity index (χ0) is 14.3. The van der Waals surface area contributed by atoms with Gasteiger partial charge in [-0.3, -0.25) is 4.79 Å². The van der Waals surface area contributed by atoms with Gasteiger partial charge in [0.05, 0.1) is 0 Å². The van der Waals surface area contributed by atoms with Gasteiger partial charge in [0.25, 0.3) is 5.56 Å². The summed E-state index contributed by atoms with van der Waals surface area (Å²) >= 11 is 0. The number of hydrogen-bond donors (Lipinski definition) is 1. The van der Waals surface area contributed by atoms with Crippen molar-refractivity contribution in [1.82, 2.24) is 4.57 Å². The quantitative estimate of drug-likeness (QED) is 0.909. The first-order valence-corrected chi connectivity index (χ1v) is 6.63. The highest BCUT2D eigenvalue weighted by Crippen LogP contribution is 2.29. The molecule has 0 unspecified atom stereocenters. The highest BCUT2D eigenvalue weighted by Gasteiger charge is 2.19. The molecule has 1 aliphatic rings. The molecule has 1 aromatic heterocycles. The third-order valence-corrected chi connectivity index (χ3v) is 3.89. The fraction of sp³-hybridized carbons (Fsp3) is 0.250. The lowest BCUT2D eigenvalue weighted by Crippen LogP contribution is -2.24. The van der Waals surface area contributed by atoms with E-state index >= 15 is 0 Å². The first kappa shape index (κ1) is 12.7. The number of benzene rings is 1. The Kier molecular flexibility index (Phi) is 2.93. The van der Waals surface area contributed by atoms with E-state index in [0.717, 1.165) is 24.8 Å². The van der Waals surface area contributed by atoms with E-state index in [4.69, 9.17) is 0 Å². The molecule has 0 saturated carbocycles. The summed E-state index contributed by atoms with van der Waals surface area (Å²) in [6.45, 7) is 0. The fourth-order valence-electron chi connectivity index (χ4n) is 2.82. The molecule has 2 aromatic rings. The van der Waals surface area contributed by atoms with Crippen molar-refractivity contribution in [2.24, 2.45) is 7.05 Å². The van der Waals surface area contributed by atoms with Crippen LogP contribution in [-0.4, -0.2) is 15.6 Å². The lowest BCUT2D eigenvalue weighted by Gasteiger charge is -2.09. The van der Waals surface area contributed by atoms with Crippen LogP contribution in [0.4, 0.5) is 0 Å². The van der Waals surface area contributed by atoms with Gasteiger partial charge in [-0.1, -0.05) is 18.2 Å². The number of rotatable bonds is 2. The van der Waals surface area contributed by atoms with Crippen molar-refractivity contribution in [2.75, 3.05) is 0 Å². The number of carboxylic acids is 1. The first-order chi connectivity index (χ1) is 9.58. The molecule has 0 amide bonds. The molecule has 0 aliphatic heterocycles. The van der Waals surface area contributed by atoms with Crippen LogP contribution in [0.2, 0.25) is 0 Å². The summed E-state index contributed by atoms with van der Waals surface area (Å²) in [6, 6.07) is 7.66. The summed E-state index contributed by atoms with van der Waals surface area (Å²) in [7, 11) is 1.56. The normalized spacial score (nSPS) is 13.2. The van der Waals surface area contributed by atoms with Crippen LogP contribution in [0.1, 0.15) is 27.9 Å². The van der Waals surface area contributed by atoms with Crippen LogP contribution in [0.15, 0.2) is 35.3 Å². The van der Waals surface area contributed by atoms with Crippen molar-refractivity contribution in [3.63, 3.8) is 0 Å². The van der Waals surface area contributed by atoms with Gasteiger partial charge >= 0.3 is 5.97 Å². The smallest absolute Gasteiger partial charge is 0.341 e. The molecule has 1 heterocycles. The maximum atomic E-state index is 12.0. The molecule has 0 fully saturated rings. The molecule has 0 spiro atoms. The molecule has 1 aromatic carbocycles. The minimum atomic E-state index is -1.18. The highest BCUT2D eigenvalue weighted by molar-refractivity contribution is 5.95. The molecule has 102 valence electrons. The number of carbonyl (C=O) groups is 1. The number of hydrogen-bond acceptors (Lipinski definition) is 2. The summed E-state index contributed by atoms with van der Waals surface area (Å²) < 4.78 is 1.29. The van der Waals surface area contributed by atoms with Crippen LogP contribution in [0.5, 0.6) is 0 Å². The SMILES string of the molecule is Cn1ccc(-c2ccc3c(c2)CCC3)c(C(=O)O)c1=O. The van der Waals surface area contributed by atoms with Crippen molar-refractivity contribution in [2.45, 2.75) is 19.3 Å². The molecular weight excluding hydrogens is 254 g/mol. The molecule has 3 rings (SSSR count). The van der Waals surface area contributed by atoms with E-state index < -0.39 is 11.5 Å². The highest BCUT2D eigenvalue weighted by atomic mass is 16.4. The standard InChI is InChI=1S/C16H15NO3/c1-17-8-7-13(14(15(17)18)16(19)20)12-6-5-10-3-2-4-11(10)9-12/h5-9H,2-4H2,1H3,(H,19,20). The van der Waals surface area contributed by atoms with Gasteiger partial charge in [-0.15, -0.1) is 0 Å². The van der Waals surface area contributed by atoms with Crippen molar-refractivity contribution in [3.05, 3.63) is 57.5 Å². The maximum absolute atomic E-state index is 12.0. The third kappa shape index (κ3) is 1.93. The summed E-state index contributed by atoms with van der Waals surface area (Å²) in [4.78, 5) is 23.4. The molecule has 0 radical (unpaired) electrons. The van der Waals surface area contributed by atoms with Gasteiger partial charge in [0.15, 0.2) is 0 Å². The number of carboxylic acid groups (broad SMARTS) is 1. The van der Waals surface area contributed by atoms with E-state index in [1.807, 2.05) is 18.2 Å². The summed E-state index contributed by atoms with van der Waals surface area (Å²) in [5.41, 5.74) is 3.26. The summed E-state index contributed by atoms with van der Waals surface area (Å²) in [6.07, 6.45) is 4.85. The van der Waals surface area contributed by atoms with Crippen LogP contribution < -0.4 is 5.56 Å². The largest absolute Gasteiger partial charge is 0.477 e. The van der Waals surface area contributed by atoms with Crippen LogP contribution in [0, 0.1) is 0 Å². The van der Waals surface area contributed by atoms with Crippen molar-refractivity contribution in [3.8, 4) is 11.1 Å². The lowest BCUT2D eigenvalue weighted by atomic mass is 9.98. The second-order valence-electron chi connectivity index (χ2n) is 5.16. The molecule has 1 aliphatic carbocycles. The lowest BCUT2D eigenvalue weighted by molar-refractivity contribution is 0.0695. The zero-order valence-electron chi connectivity index (χ0n) is 11.2. The van der Waals surface area contributed by atoms with Gasteiger partial charge in [-0.25, -0.2) is 4.79 Å². The second kappa shape index (κ2) is 4.63. The molecule has 0 saturated heterocycles. The van der Waals surface area contributed by atoms with E-state index in [0.29, 0.717) is 5.56 Å². The molecule has 0 bridgehead atoms. The van der Waals surface area contributed by atoms with Crippen LogP contribution in [0.3, 0.4) is 0 Å². The predicted octanol–water partition coefficient (Wildman–Crippen LogP) is 2.24. The van der Waals surface area contributed by atoms with E-state index in [9.17, 15) is 14.7 Å². The molecular formula is C16H15NO3. The number of pyridine rings is 1. The van der Waals surface area contributed by atoms with E-state index in [2.05, 4.69) is 0 Å². The Bertz CT molecular complexity index is 759. The number of aromatic carboxylic acids is 1. The van der Waals surface area contributed by atoms with Gasteiger partial charge in [0, 0.05) is 18.8 Å². The van der Waals surface area contributed by atoms with Gasteiger partial charge < -0.3 is 9.67 Å².